The van der Waals surface area contributed by atoms with Crippen LogP contribution in [-0.2, 0) is 6.54 Å². The molecular weight excluding hydrogens is 234 g/mol. The zero-order valence-corrected chi connectivity index (χ0v) is 11.8. The molecule has 0 fully saturated rings. The summed E-state index contributed by atoms with van der Waals surface area (Å²) < 4.78 is 5.40. The van der Waals surface area contributed by atoms with Gasteiger partial charge < -0.3 is 4.74 Å². The fraction of sp³-hybridized carbons (Fsp3) is 0.571. The Morgan fingerprint density at radius 3 is 2.71 bits per heavy atom. The Morgan fingerprint density at radius 2 is 2.12 bits per heavy atom. The average Bonchev–Trinajstić information content (AvgIpc) is 2.34. The number of rotatable bonds is 7. The molecule has 17 heavy (non-hydrogen) atoms. The summed E-state index contributed by atoms with van der Waals surface area (Å²) in [5.74, 6) is 1.70. The van der Waals surface area contributed by atoms with E-state index in [4.69, 9.17) is 16.3 Å². The van der Waals surface area contributed by atoms with Gasteiger partial charge in [-0.3, -0.25) is 4.90 Å². The maximum absolute atomic E-state index is 5.74. The second kappa shape index (κ2) is 7.57. The number of hydrogen-bond acceptors (Lipinski definition) is 2. The summed E-state index contributed by atoms with van der Waals surface area (Å²) >= 11 is 5.74. The number of nitrogens with zero attached hydrogens (tertiary/aromatic N) is 1. The van der Waals surface area contributed by atoms with Crippen molar-refractivity contribution in [2.75, 3.05) is 26.1 Å². The number of benzene rings is 1. The summed E-state index contributed by atoms with van der Waals surface area (Å²) in [7, 11) is 1.73. The molecule has 1 rings (SSSR count). The molecule has 0 heterocycles. The van der Waals surface area contributed by atoms with Crippen LogP contribution in [0.1, 0.15) is 24.5 Å². The molecule has 0 aliphatic rings. The first kappa shape index (κ1) is 14.3. The normalized spacial score (nSPS) is 10.9. The SMILES string of the molecule is CCN(CCCCl)Cc1cc(C)ccc1OC. The smallest absolute Gasteiger partial charge is 0.123 e. The van der Waals surface area contributed by atoms with Crippen molar-refractivity contribution in [1.82, 2.24) is 4.90 Å². The Hall–Kier alpha value is -0.730. The summed E-state index contributed by atoms with van der Waals surface area (Å²) in [5.41, 5.74) is 2.53. The van der Waals surface area contributed by atoms with Gasteiger partial charge in [-0.1, -0.05) is 24.6 Å². The van der Waals surface area contributed by atoms with Gasteiger partial charge in [-0.05, 0) is 32.5 Å². The summed E-state index contributed by atoms with van der Waals surface area (Å²) in [5, 5.41) is 0. The number of ether oxygens (including phenoxy) is 1. The second-order valence-electron chi connectivity index (χ2n) is 4.23. The number of alkyl halides is 1. The van der Waals surface area contributed by atoms with Crippen LogP contribution in [0.25, 0.3) is 0 Å². The summed E-state index contributed by atoms with van der Waals surface area (Å²) in [6, 6.07) is 6.32. The Kier molecular flexibility index (Phi) is 6.38. The van der Waals surface area contributed by atoms with Crippen LogP contribution in [0.15, 0.2) is 18.2 Å². The van der Waals surface area contributed by atoms with E-state index in [0.29, 0.717) is 0 Å². The fourth-order valence-corrected chi connectivity index (χ4v) is 2.02. The molecule has 0 atom stereocenters. The first-order chi connectivity index (χ1) is 8.21. The van der Waals surface area contributed by atoms with Crippen LogP contribution in [0, 0.1) is 6.92 Å². The van der Waals surface area contributed by atoms with Crippen molar-refractivity contribution >= 4 is 11.6 Å². The van der Waals surface area contributed by atoms with Gasteiger partial charge in [0.05, 0.1) is 7.11 Å². The zero-order chi connectivity index (χ0) is 12.7. The second-order valence-corrected chi connectivity index (χ2v) is 4.60. The topological polar surface area (TPSA) is 12.5 Å². The van der Waals surface area contributed by atoms with Gasteiger partial charge in [-0.25, -0.2) is 0 Å². The highest BCUT2D eigenvalue weighted by atomic mass is 35.5. The van der Waals surface area contributed by atoms with Crippen LogP contribution in [0.2, 0.25) is 0 Å². The van der Waals surface area contributed by atoms with Gasteiger partial charge in [0.25, 0.3) is 0 Å². The van der Waals surface area contributed by atoms with Crippen LogP contribution in [0.5, 0.6) is 5.75 Å². The highest BCUT2D eigenvalue weighted by Gasteiger charge is 2.08. The highest BCUT2D eigenvalue weighted by molar-refractivity contribution is 6.17. The molecule has 0 N–H and O–H groups in total. The predicted molar refractivity (Wildman–Crippen MR) is 74.0 cm³/mol. The van der Waals surface area contributed by atoms with E-state index in [1.165, 1.54) is 11.1 Å². The first-order valence-corrected chi connectivity index (χ1v) is 6.66. The van der Waals surface area contributed by atoms with E-state index in [1.54, 1.807) is 7.11 Å². The molecule has 0 aliphatic heterocycles. The lowest BCUT2D eigenvalue weighted by Gasteiger charge is -2.21. The third-order valence-corrected chi connectivity index (χ3v) is 3.15. The van der Waals surface area contributed by atoms with Crippen molar-refractivity contribution in [1.29, 1.82) is 0 Å². The third-order valence-electron chi connectivity index (χ3n) is 2.89. The standard InChI is InChI=1S/C14H22ClNO/c1-4-16(9-5-8-15)11-13-10-12(2)6-7-14(13)17-3/h6-7,10H,4-5,8-9,11H2,1-3H3. The van der Waals surface area contributed by atoms with Gasteiger partial charge in [-0.2, -0.15) is 0 Å². The van der Waals surface area contributed by atoms with Crippen LogP contribution >= 0.6 is 11.6 Å². The molecule has 0 saturated carbocycles. The molecule has 0 amide bonds. The first-order valence-electron chi connectivity index (χ1n) is 6.13. The minimum Gasteiger partial charge on any atom is -0.496 e. The van der Waals surface area contributed by atoms with Gasteiger partial charge in [0.15, 0.2) is 0 Å². The Bertz CT molecular complexity index is 341. The molecule has 0 unspecified atom stereocenters. The zero-order valence-electron chi connectivity index (χ0n) is 11.0. The molecule has 0 aliphatic carbocycles. The van der Waals surface area contributed by atoms with Gasteiger partial charge in [-0.15, -0.1) is 11.6 Å². The van der Waals surface area contributed by atoms with Crippen LogP contribution in [-0.4, -0.2) is 31.0 Å². The molecule has 2 nitrogen and oxygen atoms in total. The summed E-state index contributed by atoms with van der Waals surface area (Å²) in [6.07, 6.45) is 1.03. The molecule has 96 valence electrons. The van der Waals surface area contributed by atoms with E-state index in [9.17, 15) is 0 Å². The fourth-order valence-electron chi connectivity index (χ4n) is 1.90. The Morgan fingerprint density at radius 1 is 1.35 bits per heavy atom. The van der Waals surface area contributed by atoms with Gasteiger partial charge >= 0.3 is 0 Å². The van der Waals surface area contributed by atoms with E-state index < -0.39 is 0 Å². The van der Waals surface area contributed by atoms with Crippen LogP contribution < -0.4 is 4.74 Å². The molecule has 0 saturated heterocycles. The van der Waals surface area contributed by atoms with E-state index in [1.807, 2.05) is 6.07 Å². The maximum Gasteiger partial charge on any atom is 0.123 e. The largest absolute Gasteiger partial charge is 0.496 e. The van der Waals surface area contributed by atoms with Crippen molar-refractivity contribution in [3.8, 4) is 5.75 Å². The molecule has 3 heteroatoms. The molecule has 0 radical (unpaired) electrons. The van der Waals surface area contributed by atoms with Crippen LogP contribution in [0.3, 0.4) is 0 Å². The molecular formula is C14H22ClNO. The highest BCUT2D eigenvalue weighted by Crippen LogP contribution is 2.21. The Labute approximate surface area is 110 Å². The van der Waals surface area contributed by atoms with Crippen molar-refractivity contribution in [2.45, 2.75) is 26.8 Å². The molecule has 0 aromatic heterocycles. The number of hydrogen-bond donors (Lipinski definition) is 0. The minimum atomic E-state index is 0.724. The lowest BCUT2D eigenvalue weighted by molar-refractivity contribution is 0.275. The molecule has 0 spiro atoms. The quantitative estimate of drug-likeness (QED) is 0.692. The molecule has 1 aromatic carbocycles. The average molecular weight is 256 g/mol. The Balaban J connectivity index is 2.73. The van der Waals surface area contributed by atoms with Crippen molar-refractivity contribution in [3.05, 3.63) is 29.3 Å². The third kappa shape index (κ3) is 4.57. The van der Waals surface area contributed by atoms with Crippen molar-refractivity contribution in [3.63, 3.8) is 0 Å². The number of aryl methyl sites for hydroxylation is 1. The molecule has 0 bridgehead atoms. The van der Waals surface area contributed by atoms with Gasteiger partial charge in [0, 0.05) is 18.0 Å². The van der Waals surface area contributed by atoms with E-state index in [0.717, 1.165) is 37.7 Å². The number of methoxy groups -OCH3 is 1. The van der Waals surface area contributed by atoms with E-state index >= 15 is 0 Å². The lowest BCUT2D eigenvalue weighted by Crippen LogP contribution is -2.24. The lowest BCUT2D eigenvalue weighted by atomic mass is 10.1. The van der Waals surface area contributed by atoms with Gasteiger partial charge in [0.1, 0.15) is 5.75 Å². The summed E-state index contributed by atoms with van der Waals surface area (Å²) in [6.45, 7) is 7.29. The monoisotopic (exact) mass is 255 g/mol. The molecule has 1 aromatic rings. The summed E-state index contributed by atoms with van der Waals surface area (Å²) in [4.78, 5) is 2.39. The predicted octanol–water partition coefficient (Wildman–Crippen LogP) is 3.45. The maximum atomic E-state index is 5.74. The van der Waals surface area contributed by atoms with Crippen LogP contribution in [0.4, 0.5) is 0 Å². The van der Waals surface area contributed by atoms with E-state index in [2.05, 4.69) is 30.9 Å². The van der Waals surface area contributed by atoms with Crippen molar-refractivity contribution < 1.29 is 4.74 Å². The van der Waals surface area contributed by atoms with Gasteiger partial charge in [0.2, 0.25) is 0 Å². The number of halogens is 1. The van der Waals surface area contributed by atoms with Crippen molar-refractivity contribution in [2.24, 2.45) is 0 Å². The minimum absolute atomic E-state index is 0.724. The van der Waals surface area contributed by atoms with E-state index in [-0.39, 0.29) is 0 Å².